The predicted octanol–water partition coefficient (Wildman–Crippen LogP) is 2.62. The molecule has 3 nitrogen and oxygen atoms in total. The van der Waals surface area contributed by atoms with Gasteiger partial charge in [-0.25, -0.2) is 4.98 Å². The molecule has 1 aliphatic rings. The van der Waals surface area contributed by atoms with Gasteiger partial charge in [-0.05, 0) is 50.8 Å². The Morgan fingerprint density at radius 2 is 2.24 bits per heavy atom. The molecular weight excluding hydrogens is 230 g/mol. The Morgan fingerprint density at radius 1 is 1.35 bits per heavy atom. The maximum Gasteiger partial charge on any atom is 0.0998 e. The third kappa shape index (κ3) is 2.64. The van der Waals surface area contributed by atoms with Gasteiger partial charge in [0.15, 0.2) is 0 Å². The zero-order valence-corrected chi connectivity index (χ0v) is 10.7. The molecular formula is C13H17N3S. The number of aromatic nitrogens is 2. The van der Waals surface area contributed by atoms with Gasteiger partial charge in [-0.15, -0.1) is 11.3 Å². The molecule has 90 valence electrons. The van der Waals surface area contributed by atoms with Crippen molar-refractivity contribution in [2.24, 2.45) is 5.92 Å². The number of fused-ring (bicyclic) bond motifs is 1. The number of aryl methyl sites for hydroxylation is 1. The smallest absolute Gasteiger partial charge is 0.0998 e. The van der Waals surface area contributed by atoms with Crippen molar-refractivity contribution in [2.75, 3.05) is 13.1 Å². The molecule has 3 rings (SSSR count). The van der Waals surface area contributed by atoms with E-state index in [0.717, 1.165) is 17.9 Å². The number of nitrogens with one attached hydrogen (secondary N) is 1. The molecule has 17 heavy (non-hydrogen) atoms. The first-order valence-corrected chi connectivity index (χ1v) is 7.13. The zero-order valence-electron chi connectivity index (χ0n) is 9.85. The van der Waals surface area contributed by atoms with E-state index in [2.05, 4.69) is 21.4 Å². The normalized spacial score (nSPS) is 17.6. The van der Waals surface area contributed by atoms with Gasteiger partial charge < -0.3 is 5.32 Å². The van der Waals surface area contributed by atoms with E-state index in [1.807, 2.05) is 23.7 Å². The highest BCUT2D eigenvalue weighted by molar-refractivity contribution is 7.18. The van der Waals surface area contributed by atoms with Gasteiger partial charge in [0.2, 0.25) is 0 Å². The number of piperidine rings is 1. The second-order valence-electron chi connectivity index (χ2n) is 4.68. The molecule has 0 aliphatic carbocycles. The summed E-state index contributed by atoms with van der Waals surface area (Å²) < 4.78 is 1.26. The van der Waals surface area contributed by atoms with Crippen molar-refractivity contribution in [3.63, 3.8) is 0 Å². The molecule has 0 saturated carbocycles. The van der Waals surface area contributed by atoms with Crippen LogP contribution in [0.5, 0.6) is 0 Å². The van der Waals surface area contributed by atoms with Crippen molar-refractivity contribution >= 4 is 21.6 Å². The summed E-state index contributed by atoms with van der Waals surface area (Å²) in [6.45, 7) is 2.38. The number of pyridine rings is 1. The van der Waals surface area contributed by atoms with Crippen molar-refractivity contribution in [3.8, 4) is 0 Å². The first-order chi connectivity index (χ1) is 8.42. The molecule has 2 aromatic rings. The second kappa shape index (κ2) is 5.10. The molecule has 3 heterocycles. The quantitative estimate of drug-likeness (QED) is 0.906. The summed E-state index contributed by atoms with van der Waals surface area (Å²) in [6.07, 6.45) is 8.77. The van der Waals surface area contributed by atoms with Crippen LogP contribution in [-0.4, -0.2) is 23.1 Å². The number of rotatable bonds is 3. The van der Waals surface area contributed by atoms with Crippen LogP contribution in [0, 0.1) is 5.92 Å². The fourth-order valence-electron chi connectivity index (χ4n) is 2.43. The molecule has 0 unspecified atom stereocenters. The van der Waals surface area contributed by atoms with E-state index in [9.17, 15) is 0 Å². The van der Waals surface area contributed by atoms with E-state index in [1.165, 1.54) is 42.1 Å². The molecule has 0 spiro atoms. The van der Waals surface area contributed by atoms with E-state index in [4.69, 9.17) is 0 Å². The third-order valence-corrected chi connectivity index (χ3v) is 4.56. The van der Waals surface area contributed by atoms with Crippen LogP contribution in [-0.2, 0) is 6.42 Å². The van der Waals surface area contributed by atoms with Crippen molar-refractivity contribution in [1.82, 2.24) is 15.3 Å². The lowest BCUT2D eigenvalue weighted by Crippen LogP contribution is -2.27. The van der Waals surface area contributed by atoms with Crippen LogP contribution in [0.4, 0.5) is 0 Å². The molecule has 4 heteroatoms. The Balaban J connectivity index is 1.64. The fraction of sp³-hybridized carbons (Fsp3) is 0.538. The van der Waals surface area contributed by atoms with Crippen molar-refractivity contribution in [1.29, 1.82) is 0 Å². The van der Waals surface area contributed by atoms with E-state index in [0.29, 0.717) is 0 Å². The Bertz CT molecular complexity index is 455. The molecule has 0 radical (unpaired) electrons. The summed E-state index contributed by atoms with van der Waals surface area (Å²) in [5.41, 5.74) is 1.05. The highest BCUT2D eigenvalue weighted by Gasteiger charge is 2.13. The van der Waals surface area contributed by atoms with Crippen LogP contribution in [0.3, 0.4) is 0 Å². The standard InChI is InChI=1S/C13H17N3S/c1(10-3-6-14-7-4-10)2-13-16-11-9-15-8-5-12(11)17-13/h5,8-10,14H,1-4,6-7H2. The minimum atomic E-state index is 0.890. The van der Waals surface area contributed by atoms with Gasteiger partial charge in [0.05, 0.1) is 21.4 Å². The lowest BCUT2D eigenvalue weighted by Gasteiger charge is -2.21. The summed E-state index contributed by atoms with van der Waals surface area (Å²) in [4.78, 5) is 8.75. The molecule has 1 fully saturated rings. The minimum absolute atomic E-state index is 0.890. The summed E-state index contributed by atoms with van der Waals surface area (Å²) in [5, 5.41) is 4.68. The van der Waals surface area contributed by atoms with Gasteiger partial charge in [-0.1, -0.05) is 0 Å². The SMILES string of the molecule is c1cc2sc(CCC3CCNCC3)nc2cn1. The van der Waals surface area contributed by atoms with Crippen LogP contribution in [0.25, 0.3) is 10.2 Å². The number of hydrogen-bond donors (Lipinski definition) is 1. The largest absolute Gasteiger partial charge is 0.317 e. The molecule has 2 aromatic heterocycles. The van der Waals surface area contributed by atoms with Crippen molar-refractivity contribution in [3.05, 3.63) is 23.5 Å². The molecule has 0 amide bonds. The Labute approximate surface area is 105 Å². The molecule has 0 atom stereocenters. The molecule has 1 N–H and O–H groups in total. The Kier molecular flexibility index (Phi) is 3.34. The maximum absolute atomic E-state index is 4.64. The number of thiazole rings is 1. The topological polar surface area (TPSA) is 37.8 Å². The zero-order chi connectivity index (χ0) is 11.5. The summed E-state index contributed by atoms with van der Waals surface area (Å²) in [5.74, 6) is 0.890. The van der Waals surface area contributed by atoms with Crippen LogP contribution in [0.15, 0.2) is 18.5 Å². The summed E-state index contributed by atoms with van der Waals surface area (Å²) >= 11 is 1.82. The average molecular weight is 247 g/mol. The van der Waals surface area contributed by atoms with E-state index < -0.39 is 0 Å². The number of nitrogens with zero attached hydrogens (tertiary/aromatic N) is 2. The minimum Gasteiger partial charge on any atom is -0.317 e. The predicted molar refractivity (Wildman–Crippen MR) is 71.3 cm³/mol. The average Bonchev–Trinajstić information content (AvgIpc) is 2.80. The summed E-state index contributed by atoms with van der Waals surface area (Å²) in [7, 11) is 0. The summed E-state index contributed by atoms with van der Waals surface area (Å²) in [6, 6.07) is 2.06. The Morgan fingerprint density at radius 3 is 3.06 bits per heavy atom. The molecule has 1 aliphatic heterocycles. The van der Waals surface area contributed by atoms with Gasteiger partial charge in [-0.3, -0.25) is 4.98 Å². The Hall–Kier alpha value is -1.00. The number of hydrogen-bond acceptors (Lipinski definition) is 4. The van der Waals surface area contributed by atoms with Crippen LogP contribution in [0.1, 0.15) is 24.3 Å². The van der Waals surface area contributed by atoms with Gasteiger partial charge in [0.1, 0.15) is 0 Å². The van der Waals surface area contributed by atoms with Crippen LogP contribution in [0.2, 0.25) is 0 Å². The van der Waals surface area contributed by atoms with Crippen LogP contribution < -0.4 is 5.32 Å². The van der Waals surface area contributed by atoms with Gasteiger partial charge >= 0.3 is 0 Å². The van der Waals surface area contributed by atoms with Crippen molar-refractivity contribution in [2.45, 2.75) is 25.7 Å². The van der Waals surface area contributed by atoms with Gasteiger partial charge in [0.25, 0.3) is 0 Å². The highest BCUT2D eigenvalue weighted by atomic mass is 32.1. The molecule has 0 bridgehead atoms. The van der Waals surface area contributed by atoms with E-state index in [-0.39, 0.29) is 0 Å². The first kappa shape index (κ1) is 11.1. The lowest BCUT2D eigenvalue weighted by atomic mass is 9.93. The van der Waals surface area contributed by atoms with E-state index in [1.54, 1.807) is 0 Å². The van der Waals surface area contributed by atoms with Gasteiger partial charge in [-0.2, -0.15) is 0 Å². The third-order valence-electron chi connectivity index (χ3n) is 3.46. The lowest BCUT2D eigenvalue weighted by molar-refractivity contribution is 0.354. The monoisotopic (exact) mass is 247 g/mol. The fourth-order valence-corrected chi connectivity index (χ4v) is 3.38. The van der Waals surface area contributed by atoms with Gasteiger partial charge in [0, 0.05) is 6.20 Å². The van der Waals surface area contributed by atoms with Crippen molar-refractivity contribution < 1.29 is 0 Å². The highest BCUT2D eigenvalue weighted by Crippen LogP contribution is 2.24. The van der Waals surface area contributed by atoms with E-state index >= 15 is 0 Å². The molecule has 1 saturated heterocycles. The second-order valence-corrected chi connectivity index (χ2v) is 5.80. The van der Waals surface area contributed by atoms with Crippen LogP contribution >= 0.6 is 11.3 Å². The maximum atomic E-state index is 4.64. The molecule has 0 aromatic carbocycles. The first-order valence-electron chi connectivity index (χ1n) is 6.32.